The van der Waals surface area contributed by atoms with Crippen molar-refractivity contribution in [1.29, 1.82) is 0 Å². The van der Waals surface area contributed by atoms with Crippen LogP contribution in [-0.2, 0) is 11.2 Å². The lowest BCUT2D eigenvalue weighted by Crippen LogP contribution is -2.19. The molecule has 15 heavy (non-hydrogen) atoms. The molecule has 0 unspecified atom stereocenters. The normalized spacial score (nSPS) is 16.2. The predicted octanol–water partition coefficient (Wildman–Crippen LogP) is 2.25. The zero-order chi connectivity index (χ0) is 11.0. The van der Waals surface area contributed by atoms with E-state index in [0.717, 1.165) is 6.54 Å². The van der Waals surface area contributed by atoms with Crippen molar-refractivity contribution in [3.05, 3.63) is 28.8 Å². The van der Waals surface area contributed by atoms with Crippen molar-refractivity contribution in [1.82, 2.24) is 0 Å². The molecular formula is C13H17NO. The summed E-state index contributed by atoms with van der Waals surface area (Å²) < 4.78 is 0. The molecule has 1 aliphatic heterocycles. The quantitative estimate of drug-likeness (QED) is 0.644. The lowest BCUT2D eigenvalue weighted by molar-refractivity contribution is -0.118. The van der Waals surface area contributed by atoms with Gasteiger partial charge in [-0.2, -0.15) is 0 Å². The Morgan fingerprint density at radius 3 is 2.73 bits per heavy atom. The van der Waals surface area contributed by atoms with Gasteiger partial charge in [0.2, 0.25) is 0 Å². The van der Waals surface area contributed by atoms with Gasteiger partial charge in [0.15, 0.2) is 0 Å². The zero-order valence-electron chi connectivity index (χ0n) is 9.63. The summed E-state index contributed by atoms with van der Waals surface area (Å²) in [7, 11) is 2.07. The minimum Gasteiger partial charge on any atom is -0.374 e. The third-order valence-electron chi connectivity index (χ3n) is 3.28. The van der Waals surface area contributed by atoms with Crippen LogP contribution in [-0.4, -0.2) is 19.4 Å². The van der Waals surface area contributed by atoms with E-state index in [1.807, 2.05) is 0 Å². The van der Waals surface area contributed by atoms with E-state index in [0.29, 0.717) is 18.6 Å². The second kappa shape index (κ2) is 3.69. The molecular weight excluding hydrogens is 186 g/mol. The van der Waals surface area contributed by atoms with Gasteiger partial charge in [0.05, 0.1) is 0 Å². The Kier molecular flexibility index (Phi) is 2.51. The minimum absolute atomic E-state index is 0.351. The van der Waals surface area contributed by atoms with Gasteiger partial charge in [-0.25, -0.2) is 0 Å². The number of carbonyl (C=O) groups excluding carboxylic acids is 1. The summed E-state index contributed by atoms with van der Waals surface area (Å²) >= 11 is 0. The number of fused-ring (bicyclic) bond motifs is 1. The first-order chi connectivity index (χ1) is 7.09. The Balaban J connectivity index is 2.57. The van der Waals surface area contributed by atoms with Gasteiger partial charge in [0, 0.05) is 32.1 Å². The Morgan fingerprint density at radius 1 is 1.27 bits per heavy atom. The van der Waals surface area contributed by atoms with E-state index in [2.05, 4.69) is 37.9 Å². The van der Waals surface area contributed by atoms with Gasteiger partial charge in [-0.1, -0.05) is 12.1 Å². The molecule has 1 aromatic carbocycles. The summed E-state index contributed by atoms with van der Waals surface area (Å²) in [5, 5.41) is 0. The molecule has 0 saturated carbocycles. The smallest absolute Gasteiger partial charge is 0.139 e. The van der Waals surface area contributed by atoms with Crippen LogP contribution >= 0.6 is 0 Å². The van der Waals surface area contributed by atoms with Crippen molar-refractivity contribution in [3.8, 4) is 0 Å². The van der Waals surface area contributed by atoms with E-state index in [4.69, 9.17) is 0 Å². The molecule has 0 N–H and O–H groups in total. The molecule has 0 saturated heterocycles. The SMILES string of the molecule is Cc1ccc2c(c1C)N(C)CCC(=O)C2. The highest BCUT2D eigenvalue weighted by atomic mass is 16.1. The summed E-state index contributed by atoms with van der Waals surface area (Å²) in [6.45, 7) is 5.10. The minimum atomic E-state index is 0.351. The summed E-state index contributed by atoms with van der Waals surface area (Å²) in [6, 6.07) is 4.21. The monoisotopic (exact) mass is 203 g/mol. The highest BCUT2D eigenvalue weighted by Crippen LogP contribution is 2.29. The maximum Gasteiger partial charge on any atom is 0.139 e. The predicted molar refractivity (Wildman–Crippen MR) is 62.5 cm³/mol. The number of rotatable bonds is 0. The molecule has 0 spiro atoms. The van der Waals surface area contributed by atoms with Crippen LogP contribution in [0.2, 0.25) is 0 Å². The number of hydrogen-bond acceptors (Lipinski definition) is 2. The van der Waals surface area contributed by atoms with Crippen molar-refractivity contribution < 1.29 is 4.79 Å². The number of anilines is 1. The van der Waals surface area contributed by atoms with Gasteiger partial charge >= 0.3 is 0 Å². The summed E-state index contributed by atoms with van der Waals surface area (Å²) in [5.74, 6) is 0.351. The fraction of sp³-hybridized carbons (Fsp3) is 0.462. The summed E-state index contributed by atoms with van der Waals surface area (Å²) in [4.78, 5) is 13.8. The van der Waals surface area contributed by atoms with Crippen LogP contribution in [0.4, 0.5) is 5.69 Å². The molecule has 0 bridgehead atoms. The number of nitrogens with zero attached hydrogens (tertiary/aromatic N) is 1. The Hall–Kier alpha value is -1.31. The van der Waals surface area contributed by atoms with Crippen LogP contribution in [0.5, 0.6) is 0 Å². The first-order valence-electron chi connectivity index (χ1n) is 5.41. The molecule has 0 aromatic heterocycles. The van der Waals surface area contributed by atoms with E-state index < -0.39 is 0 Å². The maximum atomic E-state index is 11.6. The number of ketones is 1. The first-order valence-corrected chi connectivity index (χ1v) is 5.41. The highest BCUT2D eigenvalue weighted by molar-refractivity contribution is 5.85. The Bertz CT molecular complexity index is 409. The topological polar surface area (TPSA) is 20.3 Å². The molecule has 1 aromatic rings. The molecule has 0 amide bonds. The second-order valence-electron chi connectivity index (χ2n) is 4.40. The van der Waals surface area contributed by atoms with Gasteiger partial charge in [-0.3, -0.25) is 4.79 Å². The van der Waals surface area contributed by atoms with Crippen LogP contribution < -0.4 is 4.90 Å². The lowest BCUT2D eigenvalue weighted by atomic mass is 9.99. The Morgan fingerprint density at radius 2 is 2.00 bits per heavy atom. The number of Topliss-reactive ketones (excluding diaryl/α,β-unsaturated/α-hetero) is 1. The molecule has 80 valence electrons. The van der Waals surface area contributed by atoms with Gasteiger partial charge in [0.1, 0.15) is 5.78 Å². The van der Waals surface area contributed by atoms with Crippen molar-refractivity contribution >= 4 is 11.5 Å². The van der Waals surface area contributed by atoms with Crippen molar-refractivity contribution in [2.24, 2.45) is 0 Å². The molecule has 2 rings (SSSR count). The van der Waals surface area contributed by atoms with Crippen LogP contribution in [0.1, 0.15) is 23.1 Å². The van der Waals surface area contributed by atoms with Crippen LogP contribution in [0.25, 0.3) is 0 Å². The molecule has 0 fully saturated rings. The zero-order valence-corrected chi connectivity index (χ0v) is 9.63. The van der Waals surface area contributed by atoms with Crippen molar-refractivity contribution in [2.75, 3.05) is 18.5 Å². The average Bonchev–Trinajstić information content (AvgIpc) is 2.33. The second-order valence-corrected chi connectivity index (χ2v) is 4.40. The third kappa shape index (κ3) is 1.76. The fourth-order valence-corrected chi connectivity index (χ4v) is 2.24. The largest absolute Gasteiger partial charge is 0.374 e. The number of carbonyl (C=O) groups is 1. The van der Waals surface area contributed by atoms with Gasteiger partial charge in [0.25, 0.3) is 0 Å². The molecule has 2 heteroatoms. The number of hydrogen-bond donors (Lipinski definition) is 0. The third-order valence-corrected chi connectivity index (χ3v) is 3.28. The molecule has 1 heterocycles. The van der Waals surface area contributed by atoms with E-state index in [1.165, 1.54) is 22.4 Å². The molecule has 0 radical (unpaired) electrons. The van der Waals surface area contributed by atoms with Crippen LogP contribution in [0.15, 0.2) is 12.1 Å². The van der Waals surface area contributed by atoms with E-state index in [-0.39, 0.29) is 0 Å². The maximum absolute atomic E-state index is 11.6. The fourth-order valence-electron chi connectivity index (χ4n) is 2.24. The standard InChI is InChI=1S/C13H17NO/c1-9-4-5-11-8-12(15)6-7-14(3)13(11)10(9)2/h4-5H,6-8H2,1-3H3. The molecule has 2 nitrogen and oxygen atoms in total. The van der Waals surface area contributed by atoms with E-state index >= 15 is 0 Å². The van der Waals surface area contributed by atoms with Crippen LogP contribution in [0.3, 0.4) is 0 Å². The Labute approximate surface area is 90.9 Å². The first kappa shape index (κ1) is 10.2. The number of benzene rings is 1. The lowest BCUT2D eigenvalue weighted by Gasteiger charge is -2.22. The highest BCUT2D eigenvalue weighted by Gasteiger charge is 2.19. The number of aryl methyl sites for hydroxylation is 1. The van der Waals surface area contributed by atoms with Gasteiger partial charge < -0.3 is 4.90 Å². The van der Waals surface area contributed by atoms with Gasteiger partial charge in [-0.15, -0.1) is 0 Å². The molecule has 0 aliphatic carbocycles. The molecule has 0 atom stereocenters. The van der Waals surface area contributed by atoms with Crippen molar-refractivity contribution in [2.45, 2.75) is 26.7 Å². The average molecular weight is 203 g/mol. The van der Waals surface area contributed by atoms with Gasteiger partial charge in [-0.05, 0) is 30.5 Å². The molecule has 1 aliphatic rings. The van der Waals surface area contributed by atoms with E-state index in [9.17, 15) is 4.79 Å². The summed E-state index contributed by atoms with van der Waals surface area (Å²) in [5.41, 5.74) is 5.06. The summed E-state index contributed by atoms with van der Waals surface area (Å²) in [6.07, 6.45) is 1.27. The van der Waals surface area contributed by atoms with Crippen LogP contribution in [0, 0.1) is 13.8 Å². The van der Waals surface area contributed by atoms with Crippen molar-refractivity contribution in [3.63, 3.8) is 0 Å². The van der Waals surface area contributed by atoms with E-state index in [1.54, 1.807) is 0 Å².